The third kappa shape index (κ3) is 4.29. The number of nitrogens with zero attached hydrogens (tertiary/aromatic N) is 3. The molecule has 0 aliphatic heterocycles. The monoisotopic (exact) mass is 297 g/mol. The van der Waals surface area contributed by atoms with E-state index in [2.05, 4.69) is 16.0 Å². The lowest BCUT2D eigenvalue weighted by Gasteiger charge is -2.21. The number of aromatic nitrogens is 1. The minimum atomic E-state index is 0.0848. The summed E-state index contributed by atoms with van der Waals surface area (Å²) in [6, 6.07) is 11.6. The summed E-state index contributed by atoms with van der Waals surface area (Å²) in [5.74, 6) is 0.576. The second-order valence-electron chi connectivity index (χ2n) is 4.94. The van der Waals surface area contributed by atoms with Crippen LogP contribution >= 0.6 is 0 Å². The van der Waals surface area contributed by atoms with Crippen LogP contribution in [0.3, 0.4) is 0 Å². The second kappa shape index (κ2) is 8.13. The van der Waals surface area contributed by atoms with E-state index in [1.54, 1.807) is 19.4 Å². The predicted octanol–water partition coefficient (Wildman–Crippen LogP) is 1.96. The van der Waals surface area contributed by atoms with Gasteiger partial charge >= 0.3 is 0 Å². The van der Waals surface area contributed by atoms with Crippen molar-refractivity contribution in [3.8, 4) is 11.8 Å². The highest BCUT2D eigenvalue weighted by Crippen LogP contribution is 2.20. The van der Waals surface area contributed by atoms with Crippen molar-refractivity contribution in [1.29, 1.82) is 5.26 Å². The molecular weight excluding hydrogens is 278 g/mol. The Morgan fingerprint density at radius 2 is 2.09 bits per heavy atom. The number of rotatable bonds is 7. The van der Waals surface area contributed by atoms with Crippen LogP contribution in [0.25, 0.3) is 0 Å². The standard InChI is InChI=1S/C17H19N3O2/c1-22-17-5-4-14(9-16(17)10-18)12-20(7-8-21)13-15-3-2-6-19-11-15/h2-6,9,11,21H,7-8,12-13H2,1H3. The molecule has 1 aromatic carbocycles. The van der Waals surface area contributed by atoms with E-state index >= 15 is 0 Å². The molecule has 114 valence electrons. The lowest BCUT2D eigenvalue weighted by molar-refractivity contribution is 0.184. The third-order valence-corrected chi connectivity index (χ3v) is 3.34. The van der Waals surface area contributed by atoms with Gasteiger partial charge in [-0.15, -0.1) is 0 Å². The highest BCUT2D eigenvalue weighted by Gasteiger charge is 2.09. The Balaban J connectivity index is 2.12. The van der Waals surface area contributed by atoms with Gasteiger partial charge in [-0.25, -0.2) is 0 Å². The van der Waals surface area contributed by atoms with Gasteiger partial charge in [-0.05, 0) is 29.3 Å². The van der Waals surface area contributed by atoms with Crippen LogP contribution in [-0.2, 0) is 13.1 Å². The Labute approximate surface area is 130 Å². The van der Waals surface area contributed by atoms with Gasteiger partial charge in [0, 0.05) is 32.0 Å². The van der Waals surface area contributed by atoms with E-state index in [0.29, 0.717) is 30.9 Å². The Bertz CT molecular complexity index is 638. The summed E-state index contributed by atoms with van der Waals surface area (Å²) >= 11 is 0. The van der Waals surface area contributed by atoms with Gasteiger partial charge in [-0.1, -0.05) is 12.1 Å². The zero-order chi connectivity index (χ0) is 15.8. The molecule has 2 aromatic rings. The maximum absolute atomic E-state index is 9.25. The Hall–Kier alpha value is -2.42. The summed E-state index contributed by atoms with van der Waals surface area (Å²) in [5.41, 5.74) is 2.62. The summed E-state index contributed by atoms with van der Waals surface area (Å²) in [7, 11) is 1.55. The number of nitriles is 1. The van der Waals surface area contributed by atoms with Gasteiger partial charge in [0.15, 0.2) is 0 Å². The molecule has 0 fully saturated rings. The van der Waals surface area contributed by atoms with Crippen molar-refractivity contribution in [3.63, 3.8) is 0 Å². The number of benzene rings is 1. The normalized spacial score (nSPS) is 10.5. The van der Waals surface area contributed by atoms with E-state index in [0.717, 1.165) is 11.1 Å². The summed E-state index contributed by atoms with van der Waals surface area (Å²) in [5, 5.41) is 18.4. The molecule has 0 aliphatic carbocycles. The zero-order valence-electron chi connectivity index (χ0n) is 12.6. The molecule has 0 radical (unpaired) electrons. The molecule has 0 saturated carbocycles. The van der Waals surface area contributed by atoms with E-state index < -0.39 is 0 Å². The Morgan fingerprint density at radius 1 is 1.27 bits per heavy atom. The fourth-order valence-electron chi connectivity index (χ4n) is 2.30. The van der Waals surface area contributed by atoms with E-state index in [9.17, 15) is 5.11 Å². The summed E-state index contributed by atoms with van der Waals surface area (Å²) in [4.78, 5) is 6.22. The van der Waals surface area contributed by atoms with Crippen molar-refractivity contribution in [2.75, 3.05) is 20.3 Å². The smallest absolute Gasteiger partial charge is 0.136 e. The van der Waals surface area contributed by atoms with Gasteiger partial charge in [-0.3, -0.25) is 9.88 Å². The van der Waals surface area contributed by atoms with Gasteiger partial charge in [0.25, 0.3) is 0 Å². The van der Waals surface area contributed by atoms with Crippen molar-refractivity contribution in [2.24, 2.45) is 0 Å². The molecule has 0 amide bonds. The van der Waals surface area contributed by atoms with Crippen LogP contribution in [0.5, 0.6) is 5.75 Å². The van der Waals surface area contributed by atoms with Crippen LogP contribution in [0.2, 0.25) is 0 Å². The number of ether oxygens (including phenoxy) is 1. The molecule has 1 heterocycles. The van der Waals surface area contributed by atoms with E-state index in [4.69, 9.17) is 10.00 Å². The van der Waals surface area contributed by atoms with Crippen LogP contribution in [0.1, 0.15) is 16.7 Å². The molecule has 0 unspecified atom stereocenters. The van der Waals surface area contributed by atoms with Crippen molar-refractivity contribution in [1.82, 2.24) is 9.88 Å². The lowest BCUT2D eigenvalue weighted by Crippen LogP contribution is -2.26. The molecule has 2 rings (SSSR count). The summed E-state index contributed by atoms with van der Waals surface area (Å²) in [6.07, 6.45) is 3.56. The molecule has 22 heavy (non-hydrogen) atoms. The van der Waals surface area contributed by atoms with Crippen molar-refractivity contribution < 1.29 is 9.84 Å². The molecule has 0 bridgehead atoms. The fourth-order valence-corrected chi connectivity index (χ4v) is 2.30. The van der Waals surface area contributed by atoms with Crippen LogP contribution in [0.15, 0.2) is 42.7 Å². The molecule has 5 heteroatoms. The first-order chi connectivity index (χ1) is 10.8. The van der Waals surface area contributed by atoms with E-state index in [1.807, 2.05) is 30.5 Å². The van der Waals surface area contributed by atoms with Gasteiger partial charge in [-0.2, -0.15) is 5.26 Å². The van der Waals surface area contributed by atoms with Crippen molar-refractivity contribution in [2.45, 2.75) is 13.1 Å². The number of methoxy groups -OCH3 is 1. The first-order valence-electron chi connectivity index (χ1n) is 7.06. The molecular formula is C17H19N3O2. The fraction of sp³-hybridized carbons (Fsp3) is 0.294. The SMILES string of the molecule is COc1ccc(CN(CCO)Cc2cccnc2)cc1C#N. The van der Waals surface area contributed by atoms with Gasteiger partial charge in [0.05, 0.1) is 19.3 Å². The molecule has 0 spiro atoms. The first-order valence-corrected chi connectivity index (χ1v) is 7.06. The molecule has 1 N–H and O–H groups in total. The number of hydrogen-bond acceptors (Lipinski definition) is 5. The van der Waals surface area contributed by atoms with Crippen LogP contribution in [-0.4, -0.2) is 35.3 Å². The average Bonchev–Trinajstić information content (AvgIpc) is 2.56. The van der Waals surface area contributed by atoms with Crippen LogP contribution in [0, 0.1) is 11.3 Å². The van der Waals surface area contributed by atoms with E-state index in [-0.39, 0.29) is 6.61 Å². The van der Waals surface area contributed by atoms with Crippen molar-refractivity contribution in [3.05, 3.63) is 59.4 Å². The molecule has 1 aromatic heterocycles. The van der Waals surface area contributed by atoms with Crippen molar-refractivity contribution >= 4 is 0 Å². The van der Waals surface area contributed by atoms with Crippen LogP contribution in [0.4, 0.5) is 0 Å². The number of aliphatic hydroxyl groups is 1. The molecule has 0 aliphatic rings. The minimum absolute atomic E-state index is 0.0848. The zero-order valence-corrected chi connectivity index (χ0v) is 12.6. The first kappa shape index (κ1) is 16.0. The second-order valence-corrected chi connectivity index (χ2v) is 4.94. The topological polar surface area (TPSA) is 69.4 Å². The Kier molecular flexibility index (Phi) is 5.90. The lowest BCUT2D eigenvalue weighted by atomic mass is 10.1. The molecule has 0 saturated heterocycles. The highest BCUT2D eigenvalue weighted by atomic mass is 16.5. The highest BCUT2D eigenvalue weighted by molar-refractivity contribution is 5.45. The molecule has 0 atom stereocenters. The van der Waals surface area contributed by atoms with Crippen LogP contribution < -0.4 is 4.74 Å². The van der Waals surface area contributed by atoms with Gasteiger partial charge in [0.1, 0.15) is 11.8 Å². The maximum Gasteiger partial charge on any atom is 0.136 e. The van der Waals surface area contributed by atoms with Gasteiger partial charge in [0.2, 0.25) is 0 Å². The third-order valence-electron chi connectivity index (χ3n) is 3.34. The quantitative estimate of drug-likeness (QED) is 0.846. The number of pyridine rings is 1. The molecule has 5 nitrogen and oxygen atoms in total. The summed E-state index contributed by atoms with van der Waals surface area (Å²) < 4.78 is 5.15. The minimum Gasteiger partial charge on any atom is -0.495 e. The van der Waals surface area contributed by atoms with E-state index in [1.165, 1.54) is 0 Å². The summed E-state index contributed by atoms with van der Waals surface area (Å²) in [6.45, 7) is 1.99. The Morgan fingerprint density at radius 3 is 2.73 bits per heavy atom. The largest absolute Gasteiger partial charge is 0.495 e. The average molecular weight is 297 g/mol. The van der Waals surface area contributed by atoms with Gasteiger partial charge < -0.3 is 9.84 Å². The number of aliphatic hydroxyl groups excluding tert-OH is 1. The number of hydrogen-bond donors (Lipinski definition) is 1. The predicted molar refractivity (Wildman–Crippen MR) is 83.1 cm³/mol. The maximum atomic E-state index is 9.25.